The van der Waals surface area contributed by atoms with Gasteiger partial charge in [0.05, 0.1) is 30.2 Å². The highest BCUT2D eigenvalue weighted by atomic mass is 31.2. The lowest BCUT2D eigenvalue weighted by Gasteiger charge is -2.30. The first-order valence-corrected chi connectivity index (χ1v) is 28.8. The summed E-state index contributed by atoms with van der Waals surface area (Å²) in [6.45, 7) is 25.6. The molecule has 1 rings (SSSR count). The average molecular weight is 1100 g/mol. The van der Waals surface area contributed by atoms with Crippen molar-refractivity contribution in [1.82, 2.24) is 10.6 Å². The number of rotatable bonds is 34. The molecule has 0 spiro atoms. The van der Waals surface area contributed by atoms with E-state index in [2.05, 4.69) is 10.6 Å². The van der Waals surface area contributed by atoms with Crippen LogP contribution in [0.4, 0.5) is 4.39 Å². The molecule has 0 bridgehead atoms. The van der Waals surface area contributed by atoms with Gasteiger partial charge in [0.25, 0.3) is 0 Å². The van der Waals surface area contributed by atoms with Gasteiger partial charge in [-0.1, -0.05) is 19.3 Å². The minimum absolute atomic E-state index is 0.0198. The molecule has 17 nitrogen and oxygen atoms in total. The topological polar surface area (TPSA) is 233 Å². The Morgan fingerprint density at radius 2 is 1.03 bits per heavy atom. The predicted molar refractivity (Wildman–Crippen MR) is 289 cm³/mol. The first kappa shape index (κ1) is 69.5. The van der Waals surface area contributed by atoms with E-state index in [1.54, 1.807) is 104 Å². The van der Waals surface area contributed by atoms with E-state index in [9.17, 15) is 47.3 Å². The molecule has 1 aromatic rings. The van der Waals surface area contributed by atoms with Gasteiger partial charge in [0.15, 0.2) is 5.78 Å². The molecule has 0 aliphatic rings. The second kappa shape index (κ2) is 32.4. The van der Waals surface area contributed by atoms with Crippen LogP contribution in [0.25, 0.3) is 0 Å². The van der Waals surface area contributed by atoms with Gasteiger partial charge in [-0.2, -0.15) is 0 Å². The van der Waals surface area contributed by atoms with E-state index in [1.165, 1.54) is 24.3 Å². The summed E-state index contributed by atoms with van der Waals surface area (Å²) < 4.78 is 61.9. The van der Waals surface area contributed by atoms with E-state index in [4.69, 9.17) is 28.0 Å². The summed E-state index contributed by atoms with van der Waals surface area (Å²) in [6.07, 6.45) is 4.76. The molecule has 76 heavy (non-hydrogen) atoms. The highest BCUT2D eigenvalue weighted by Gasteiger charge is 2.39. The number of hydrogen-bond donors (Lipinski definition) is 2. The van der Waals surface area contributed by atoms with Crippen molar-refractivity contribution >= 4 is 54.9 Å². The molecule has 0 fully saturated rings. The molecule has 1 unspecified atom stereocenters. The van der Waals surface area contributed by atoms with Crippen molar-refractivity contribution in [3.05, 3.63) is 35.6 Å². The summed E-state index contributed by atoms with van der Waals surface area (Å²) in [5, 5.41) is 5.61. The van der Waals surface area contributed by atoms with Crippen molar-refractivity contribution < 1.29 is 75.3 Å². The Bertz CT molecular complexity index is 2080. The van der Waals surface area contributed by atoms with E-state index in [0.29, 0.717) is 57.1 Å². The molecular formula is C57H94FN2O15P. The number of hydrogen-bond acceptors (Lipinski definition) is 15. The molecular weight excluding hydrogens is 1000 g/mol. The molecule has 0 aliphatic heterocycles. The highest BCUT2D eigenvalue weighted by molar-refractivity contribution is 7.53. The van der Waals surface area contributed by atoms with Crippen molar-refractivity contribution in [1.29, 1.82) is 0 Å². The molecule has 19 heteroatoms. The van der Waals surface area contributed by atoms with E-state index in [-0.39, 0.29) is 81.3 Å². The van der Waals surface area contributed by atoms with Crippen LogP contribution >= 0.6 is 7.60 Å². The number of ketones is 2. The smallest absolute Gasteiger partial charge is 0.332 e. The lowest BCUT2D eigenvalue weighted by Crippen LogP contribution is -2.44. The zero-order valence-corrected chi connectivity index (χ0v) is 49.5. The van der Waals surface area contributed by atoms with E-state index in [1.807, 2.05) is 0 Å². The fraction of sp³-hybridized carbons (Fsp3) is 0.754. The molecule has 0 saturated heterocycles. The van der Waals surface area contributed by atoms with Crippen LogP contribution in [0.1, 0.15) is 223 Å². The van der Waals surface area contributed by atoms with Crippen molar-refractivity contribution in [3.8, 4) is 0 Å². The third-order valence-corrected chi connectivity index (χ3v) is 13.1. The molecule has 434 valence electrons. The Hall–Kier alpha value is -4.54. The summed E-state index contributed by atoms with van der Waals surface area (Å²) in [5.74, 6) is -5.85. The maximum atomic E-state index is 14.5. The lowest BCUT2D eigenvalue weighted by molar-refractivity contribution is -0.162. The van der Waals surface area contributed by atoms with Crippen LogP contribution in [0.15, 0.2) is 24.3 Å². The first-order valence-electron chi connectivity index (χ1n) is 27.1. The van der Waals surface area contributed by atoms with Crippen LogP contribution < -0.4 is 10.6 Å². The highest BCUT2D eigenvalue weighted by Crippen LogP contribution is 2.54. The van der Waals surface area contributed by atoms with Gasteiger partial charge in [-0.05, 0) is 179 Å². The van der Waals surface area contributed by atoms with Crippen LogP contribution in [0, 0.1) is 17.7 Å². The van der Waals surface area contributed by atoms with Gasteiger partial charge in [0.1, 0.15) is 40.0 Å². The van der Waals surface area contributed by atoms with Crippen molar-refractivity contribution in [2.75, 3.05) is 19.3 Å². The summed E-state index contributed by atoms with van der Waals surface area (Å²) in [6, 6.07) is 4.31. The summed E-state index contributed by atoms with van der Waals surface area (Å²) in [7, 11) is -4.11. The fourth-order valence-electron chi connectivity index (χ4n) is 7.55. The quantitative estimate of drug-likeness (QED) is 0.0215. The monoisotopic (exact) mass is 1100 g/mol. The van der Waals surface area contributed by atoms with Gasteiger partial charge in [-0.25, -0.2) is 9.18 Å². The number of unbranched alkanes of at least 4 members (excludes halogenated alkanes) is 5. The van der Waals surface area contributed by atoms with Crippen molar-refractivity contribution in [2.24, 2.45) is 11.8 Å². The largest absolute Gasteiger partial charge is 0.460 e. The van der Waals surface area contributed by atoms with Gasteiger partial charge in [0, 0.05) is 50.6 Å². The molecule has 0 radical (unpaired) electrons. The Morgan fingerprint density at radius 1 is 0.526 bits per heavy atom. The second-order valence-corrected chi connectivity index (χ2v) is 26.5. The summed E-state index contributed by atoms with van der Waals surface area (Å²) in [5.41, 5.74) is -3.92. The van der Waals surface area contributed by atoms with E-state index in [0.717, 1.165) is 12.8 Å². The standard InChI is InChI=1S/C57H94FN2O15P/c1-53(2,3)71-49(65)35-31-42(51(67)73-55(7,8)9)39-76(69,75-57(13,14)15)70-37-23-25-45(52(68)74-56(10,11)12)60-48(64)34-30-41(50(66)72-54(4,5)6)38-44(61)24-19-18-22-36-59-47(63)27-21-17-16-20-26-46(62)40-28-32-43(58)33-29-40/h28-29,32-33,41-42,45H,16-27,30-31,34-39H2,1-15H3,(H,59,63)(H,60,64)/t41-,42-,45+,76?/m1/s1/i58-1. The Balaban J connectivity index is 2.88. The number of benzene rings is 1. The zero-order valence-electron chi connectivity index (χ0n) is 48.6. The second-order valence-electron chi connectivity index (χ2n) is 24.5. The fourth-order valence-corrected chi connectivity index (χ4v) is 9.90. The molecule has 2 amide bonds. The van der Waals surface area contributed by atoms with Gasteiger partial charge >= 0.3 is 31.5 Å². The molecule has 2 N–H and O–H groups in total. The number of esters is 4. The van der Waals surface area contributed by atoms with Gasteiger partial charge < -0.3 is 38.6 Å². The van der Waals surface area contributed by atoms with Crippen molar-refractivity contribution in [3.63, 3.8) is 0 Å². The lowest BCUT2D eigenvalue weighted by atomic mass is 9.94. The third kappa shape index (κ3) is 35.0. The van der Waals surface area contributed by atoms with Crippen LogP contribution in [0.5, 0.6) is 0 Å². The summed E-state index contributed by atoms with van der Waals surface area (Å²) in [4.78, 5) is 104. The number of carbonyl (C=O) groups excluding carboxylic acids is 8. The molecule has 1 aromatic carbocycles. The van der Waals surface area contributed by atoms with Crippen LogP contribution in [0.2, 0.25) is 0 Å². The SMILES string of the molecule is CC(C)(C)OC(=O)CC[C@H](CP(=O)(OCCC[C@H](NC(=O)CC[C@H](CC(=O)CCCCCNC(=O)CCCCCCC(=O)c1ccc([18F])cc1)C(=O)OC(C)(C)C)C(=O)OC(C)(C)C)OC(C)(C)C)C(=O)OC(C)(C)C. The van der Waals surface area contributed by atoms with Gasteiger partial charge in [0.2, 0.25) is 11.8 Å². The third-order valence-electron chi connectivity index (χ3n) is 10.8. The number of amides is 2. The summed E-state index contributed by atoms with van der Waals surface area (Å²) >= 11 is 0. The molecule has 0 aliphatic carbocycles. The zero-order chi connectivity index (χ0) is 58.1. The van der Waals surface area contributed by atoms with E-state index >= 15 is 0 Å². The molecule has 0 heterocycles. The number of halogens is 1. The van der Waals surface area contributed by atoms with Gasteiger partial charge in [-0.15, -0.1) is 0 Å². The first-order chi connectivity index (χ1) is 34.8. The minimum atomic E-state index is -4.11. The number of Topliss-reactive ketones (excluding diaryl/α,β-unsaturated/α-hetero) is 2. The normalized spacial score (nSPS) is 14.3. The number of ether oxygens (including phenoxy) is 4. The Labute approximate surface area is 453 Å². The number of carbonyl (C=O) groups is 8. The molecule has 0 saturated carbocycles. The number of nitrogens with one attached hydrogen (secondary N) is 2. The minimum Gasteiger partial charge on any atom is -0.460 e. The van der Waals surface area contributed by atoms with Crippen LogP contribution in [-0.4, -0.2) is 101 Å². The maximum absolute atomic E-state index is 14.5. The maximum Gasteiger partial charge on any atom is 0.332 e. The Kier molecular flexibility index (Phi) is 29.6. The van der Waals surface area contributed by atoms with Crippen LogP contribution in [0.3, 0.4) is 0 Å². The average Bonchev–Trinajstić information content (AvgIpc) is 3.24. The van der Waals surface area contributed by atoms with E-state index < -0.39 is 89.4 Å². The van der Waals surface area contributed by atoms with Gasteiger partial charge in [-0.3, -0.25) is 38.1 Å². The molecule has 0 aromatic heterocycles. The van der Waals surface area contributed by atoms with Crippen molar-refractivity contribution in [2.45, 2.75) is 247 Å². The van der Waals surface area contributed by atoms with Crippen LogP contribution in [-0.2, 0) is 66.1 Å². The molecule has 4 atom stereocenters. The Morgan fingerprint density at radius 3 is 1.58 bits per heavy atom. The predicted octanol–water partition coefficient (Wildman–Crippen LogP) is 11.4.